The summed E-state index contributed by atoms with van der Waals surface area (Å²) in [7, 11) is 0. The third-order valence-corrected chi connectivity index (χ3v) is 3.71. The summed E-state index contributed by atoms with van der Waals surface area (Å²) in [6, 6.07) is 0. The van der Waals surface area contributed by atoms with E-state index in [0.717, 1.165) is 38.8 Å². The molecule has 19 heavy (non-hydrogen) atoms. The highest BCUT2D eigenvalue weighted by Crippen LogP contribution is 2.35. The molecule has 0 bridgehead atoms. The van der Waals surface area contributed by atoms with Gasteiger partial charge in [-0.3, -0.25) is 5.10 Å². The fourth-order valence-corrected chi connectivity index (χ4v) is 2.80. The molecule has 1 atom stereocenters. The quantitative estimate of drug-likeness (QED) is 0.862. The normalized spacial score (nSPS) is 23.6. The lowest BCUT2D eigenvalue weighted by molar-refractivity contribution is 0.213. The van der Waals surface area contributed by atoms with Crippen molar-refractivity contribution >= 4 is 0 Å². The van der Waals surface area contributed by atoms with Gasteiger partial charge in [-0.25, -0.2) is 4.98 Å². The molecule has 3 heterocycles. The summed E-state index contributed by atoms with van der Waals surface area (Å²) in [4.78, 5) is 8.56. The molecule has 1 unspecified atom stereocenters. The number of aromatic nitrogens is 5. The molecule has 2 aromatic rings. The van der Waals surface area contributed by atoms with Crippen molar-refractivity contribution in [3.63, 3.8) is 0 Å². The van der Waals surface area contributed by atoms with Crippen LogP contribution < -0.4 is 5.32 Å². The van der Waals surface area contributed by atoms with Crippen LogP contribution in [0.2, 0.25) is 0 Å². The number of hydrogen-bond donors (Lipinski definition) is 2. The van der Waals surface area contributed by atoms with Crippen molar-refractivity contribution in [2.45, 2.75) is 38.0 Å². The topological polar surface area (TPSA) is 92.5 Å². The minimum Gasteiger partial charge on any atom is -0.338 e. The van der Waals surface area contributed by atoms with Gasteiger partial charge in [-0.05, 0) is 25.8 Å². The van der Waals surface area contributed by atoms with Gasteiger partial charge in [0.2, 0.25) is 11.7 Å². The molecule has 7 nitrogen and oxygen atoms in total. The van der Waals surface area contributed by atoms with Crippen LogP contribution in [0.4, 0.5) is 0 Å². The lowest BCUT2D eigenvalue weighted by Gasteiger charge is -2.34. The molecule has 0 saturated carbocycles. The number of nitrogens with one attached hydrogen (secondary N) is 2. The second-order valence-electron chi connectivity index (χ2n) is 5.07. The Balaban J connectivity index is 1.90. The van der Waals surface area contributed by atoms with E-state index in [1.54, 1.807) is 0 Å². The van der Waals surface area contributed by atoms with Gasteiger partial charge in [0.05, 0.1) is 5.41 Å². The van der Waals surface area contributed by atoms with Gasteiger partial charge in [0, 0.05) is 6.54 Å². The second-order valence-corrected chi connectivity index (χ2v) is 5.07. The molecule has 1 saturated heterocycles. The van der Waals surface area contributed by atoms with E-state index < -0.39 is 0 Å². The van der Waals surface area contributed by atoms with E-state index in [2.05, 4.69) is 37.6 Å². The number of hydrogen-bond acceptors (Lipinski definition) is 6. The third-order valence-electron chi connectivity index (χ3n) is 3.71. The van der Waals surface area contributed by atoms with Crippen molar-refractivity contribution in [3.05, 3.63) is 12.2 Å². The molecule has 2 aromatic heterocycles. The van der Waals surface area contributed by atoms with Crippen LogP contribution in [0, 0.1) is 0 Å². The first-order valence-electron chi connectivity index (χ1n) is 6.75. The average molecular weight is 262 g/mol. The van der Waals surface area contributed by atoms with E-state index in [4.69, 9.17) is 4.52 Å². The number of piperidine rings is 1. The lowest BCUT2D eigenvalue weighted by Crippen LogP contribution is -2.43. The molecule has 0 amide bonds. The number of rotatable bonds is 4. The van der Waals surface area contributed by atoms with Crippen molar-refractivity contribution < 1.29 is 4.52 Å². The van der Waals surface area contributed by atoms with E-state index in [9.17, 15) is 0 Å². The molecule has 7 heteroatoms. The highest BCUT2D eigenvalue weighted by Gasteiger charge is 2.38. The summed E-state index contributed by atoms with van der Waals surface area (Å²) >= 11 is 0. The van der Waals surface area contributed by atoms with Crippen LogP contribution in [0.25, 0.3) is 11.6 Å². The average Bonchev–Trinajstić information content (AvgIpc) is 3.11. The molecule has 0 spiro atoms. The van der Waals surface area contributed by atoms with Gasteiger partial charge in [0.1, 0.15) is 6.33 Å². The molecule has 102 valence electrons. The Morgan fingerprint density at radius 2 is 2.42 bits per heavy atom. The van der Waals surface area contributed by atoms with Crippen molar-refractivity contribution in [1.82, 2.24) is 30.6 Å². The van der Waals surface area contributed by atoms with Crippen molar-refractivity contribution in [2.24, 2.45) is 0 Å². The zero-order valence-corrected chi connectivity index (χ0v) is 11.0. The zero-order valence-electron chi connectivity index (χ0n) is 11.0. The number of aromatic amines is 1. The van der Waals surface area contributed by atoms with Gasteiger partial charge in [0.25, 0.3) is 0 Å². The highest BCUT2D eigenvalue weighted by molar-refractivity contribution is 5.40. The van der Waals surface area contributed by atoms with Gasteiger partial charge >= 0.3 is 0 Å². The van der Waals surface area contributed by atoms with Gasteiger partial charge in [-0.15, -0.1) is 0 Å². The van der Waals surface area contributed by atoms with E-state index >= 15 is 0 Å². The maximum atomic E-state index is 5.49. The number of H-pyrrole nitrogens is 1. The predicted molar refractivity (Wildman–Crippen MR) is 68.4 cm³/mol. The zero-order chi connectivity index (χ0) is 13.1. The standard InChI is InChI=1S/C12H18N6O/c1-2-4-12(5-3-6-13-7-12)11-16-10(18-19-11)9-14-8-15-17-9/h8,13H,2-7H2,1H3,(H,14,15,17). The molecule has 1 aliphatic heterocycles. The predicted octanol–water partition coefficient (Wildman–Crippen LogP) is 1.28. The van der Waals surface area contributed by atoms with Crippen LogP contribution in [-0.2, 0) is 5.41 Å². The van der Waals surface area contributed by atoms with Crippen molar-refractivity contribution in [1.29, 1.82) is 0 Å². The molecule has 1 fully saturated rings. The van der Waals surface area contributed by atoms with Crippen molar-refractivity contribution in [3.8, 4) is 11.6 Å². The van der Waals surface area contributed by atoms with Crippen LogP contribution in [-0.4, -0.2) is 38.4 Å². The van der Waals surface area contributed by atoms with Crippen LogP contribution in [0.5, 0.6) is 0 Å². The minimum absolute atomic E-state index is 0.0295. The van der Waals surface area contributed by atoms with E-state index in [-0.39, 0.29) is 5.41 Å². The smallest absolute Gasteiger partial charge is 0.239 e. The summed E-state index contributed by atoms with van der Waals surface area (Å²) in [5.41, 5.74) is -0.0295. The van der Waals surface area contributed by atoms with E-state index in [0.29, 0.717) is 17.5 Å². The van der Waals surface area contributed by atoms with Crippen LogP contribution in [0.3, 0.4) is 0 Å². The Morgan fingerprint density at radius 1 is 1.47 bits per heavy atom. The Kier molecular flexibility index (Phi) is 3.29. The first kappa shape index (κ1) is 12.3. The van der Waals surface area contributed by atoms with Crippen molar-refractivity contribution in [2.75, 3.05) is 13.1 Å². The molecule has 1 aliphatic rings. The first-order valence-corrected chi connectivity index (χ1v) is 6.75. The summed E-state index contributed by atoms with van der Waals surface area (Å²) in [5.74, 6) is 1.74. The number of nitrogens with zero attached hydrogens (tertiary/aromatic N) is 4. The fourth-order valence-electron chi connectivity index (χ4n) is 2.80. The first-order chi connectivity index (χ1) is 9.34. The Bertz CT molecular complexity index is 509. The van der Waals surface area contributed by atoms with E-state index in [1.807, 2.05) is 0 Å². The lowest BCUT2D eigenvalue weighted by atomic mass is 9.77. The fraction of sp³-hybridized carbons (Fsp3) is 0.667. The van der Waals surface area contributed by atoms with Gasteiger partial charge < -0.3 is 9.84 Å². The maximum absolute atomic E-state index is 5.49. The Morgan fingerprint density at radius 3 is 3.11 bits per heavy atom. The Hall–Kier alpha value is -1.76. The highest BCUT2D eigenvalue weighted by atomic mass is 16.5. The molecular weight excluding hydrogens is 244 g/mol. The molecule has 0 aromatic carbocycles. The Labute approximate surface area is 111 Å². The third kappa shape index (κ3) is 2.25. The maximum Gasteiger partial charge on any atom is 0.239 e. The van der Waals surface area contributed by atoms with Gasteiger partial charge in [-0.1, -0.05) is 18.5 Å². The molecular formula is C12H18N6O. The summed E-state index contributed by atoms with van der Waals surface area (Å²) < 4.78 is 5.49. The van der Waals surface area contributed by atoms with Gasteiger partial charge in [0.15, 0.2) is 5.82 Å². The summed E-state index contributed by atoms with van der Waals surface area (Å²) in [6.07, 6.45) is 5.82. The minimum atomic E-state index is -0.0295. The molecule has 2 N–H and O–H groups in total. The SMILES string of the molecule is CCCC1(c2nc(-c3ncn[nH]3)no2)CCCNC1. The molecule has 0 radical (unpaired) electrons. The van der Waals surface area contributed by atoms with E-state index in [1.165, 1.54) is 6.33 Å². The monoisotopic (exact) mass is 262 g/mol. The molecule has 3 rings (SSSR count). The van der Waals surface area contributed by atoms with Crippen LogP contribution >= 0.6 is 0 Å². The summed E-state index contributed by atoms with van der Waals surface area (Å²) in [6.45, 7) is 4.15. The molecule has 0 aliphatic carbocycles. The van der Waals surface area contributed by atoms with Crippen LogP contribution in [0.1, 0.15) is 38.5 Å². The summed E-state index contributed by atoms with van der Waals surface area (Å²) in [5, 5.41) is 14.0. The van der Waals surface area contributed by atoms with Crippen LogP contribution in [0.15, 0.2) is 10.9 Å². The second kappa shape index (κ2) is 5.08. The van der Waals surface area contributed by atoms with Gasteiger partial charge in [-0.2, -0.15) is 10.1 Å². The largest absolute Gasteiger partial charge is 0.338 e.